The molecule has 2 unspecified atom stereocenters. The molecule has 2 atom stereocenters. The van der Waals surface area contributed by atoms with Gasteiger partial charge in [-0.25, -0.2) is 13.6 Å². The van der Waals surface area contributed by atoms with E-state index in [0.29, 0.717) is 13.0 Å². The Hall–Kier alpha value is -0.870. The molecule has 1 aliphatic heterocycles. The number of hydrogen-bond acceptors (Lipinski definition) is 2. The molecule has 0 spiro atoms. The largest absolute Gasteiger partial charge is 0.444 e. The summed E-state index contributed by atoms with van der Waals surface area (Å²) in [7, 11) is 0. The smallest absolute Gasteiger partial charge is 0.410 e. The van der Waals surface area contributed by atoms with Crippen LogP contribution in [0.15, 0.2) is 0 Å². The van der Waals surface area contributed by atoms with Crippen LogP contribution in [-0.4, -0.2) is 35.1 Å². The third-order valence-corrected chi connectivity index (χ3v) is 3.06. The van der Waals surface area contributed by atoms with Crippen LogP contribution in [0.25, 0.3) is 0 Å². The van der Waals surface area contributed by atoms with Gasteiger partial charge in [-0.15, -0.1) is 0 Å². The first-order chi connectivity index (χ1) is 7.19. The zero-order valence-electron chi connectivity index (χ0n) is 9.80. The average molecular weight is 233 g/mol. The lowest BCUT2D eigenvalue weighted by Gasteiger charge is -2.34. The number of nitrogens with zero attached hydrogens (tertiary/aromatic N) is 1. The molecule has 0 N–H and O–H groups in total. The Balaban J connectivity index is 2.05. The van der Waals surface area contributed by atoms with E-state index in [9.17, 15) is 13.6 Å². The number of fused-ring (bicyclic) bond motifs is 2. The summed E-state index contributed by atoms with van der Waals surface area (Å²) in [6.45, 7) is 5.61. The van der Waals surface area contributed by atoms with Gasteiger partial charge in [-0.2, -0.15) is 0 Å². The number of hydrogen-bond donors (Lipinski definition) is 0. The Morgan fingerprint density at radius 3 is 2.50 bits per heavy atom. The molecule has 16 heavy (non-hydrogen) atoms. The van der Waals surface area contributed by atoms with E-state index in [2.05, 4.69) is 0 Å². The predicted octanol–water partition coefficient (Wildman–Crippen LogP) is 2.65. The van der Waals surface area contributed by atoms with Crippen molar-refractivity contribution in [3.8, 4) is 0 Å². The van der Waals surface area contributed by atoms with Gasteiger partial charge in [0.1, 0.15) is 5.60 Å². The molecule has 1 aliphatic carbocycles. The molecule has 0 aromatic heterocycles. The van der Waals surface area contributed by atoms with Gasteiger partial charge in [-0.3, -0.25) is 4.90 Å². The first-order valence-electron chi connectivity index (χ1n) is 5.56. The zero-order chi connectivity index (χ0) is 12.1. The van der Waals surface area contributed by atoms with E-state index in [1.807, 2.05) is 0 Å². The molecule has 5 heteroatoms. The molecule has 1 amide bonds. The van der Waals surface area contributed by atoms with E-state index in [-0.39, 0.29) is 12.3 Å². The third kappa shape index (κ3) is 1.99. The summed E-state index contributed by atoms with van der Waals surface area (Å²) in [5.41, 5.74) is -0.631. The van der Waals surface area contributed by atoms with Gasteiger partial charge in [0, 0.05) is 13.0 Å². The maximum Gasteiger partial charge on any atom is 0.410 e. The average Bonchev–Trinajstić information content (AvgIpc) is 2.54. The highest BCUT2D eigenvalue weighted by atomic mass is 19.3. The molecule has 2 fully saturated rings. The van der Waals surface area contributed by atoms with Crippen molar-refractivity contribution in [2.24, 2.45) is 5.92 Å². The summed E-state index contributed by atoms with van der Waals surface area (Å²) in [5.74, 6) is -2.80. The fraction of sp³-hybridized carbons (Fsp3) is 0.909. The zero-order valence-corrected chi connectivity index (χ0v) is 9.80. The topological polar surface area (TPSA) is 29.5 Å². The van der Waals surface area contributed by atoms with Gasteiger partial charge in [-0.05, 0) is 33.1 Å². The van der Waals surface area contributed by atoms with Crippen LogP contribution in [0.2, 0.25) is 0 Å². The second kappa shape index (κ2) is 3.31. The molecule has 92 valence electrons. The molecule has 1 saturated carbocycles. The number of rotatable bonds is 0. The summed E-state index contributed by atoms with van der Waals surface area (Å²) in [6.07, 6.45) is -0.289. The maximum absolute atomic E-state index is 13.4. The quantitative estimate of drug-likeness (QED) is 0.643. The highest BCUT2D eigenvalue weighted by molar-refractivity contribution is 5.69. The van der Waals surface area contributed by atoms with E-state index >= 15 is 0 Å². The van der Waals surface area contributed by atoms with Crippen molar-refractivity contribution in [1.29, 1.82) is 0 Å². The number of piperidine rings is 1. The standard InChI is InChI=1S/C11H17F2NO2/c1-10(2,3)16-9(15)14-6-7-4-8(14)11(12,13)5-7/h7-8H,4-6H2,1-3H3. The number of halogens is 2. The normalized spacial score (nSPS) is 31.9. The lowest BCUT2D eigenvalue weighted by atomic mass is 10.1. The van der Waals surface area contributed by atoms with Gasteiger partial charge >= 0.3 is 6.09 Å². The van der Waals surface area contributed by atoms with Gasteiger partial charge < -0.3 is 4.74 Å². The number of likely N-dealkylation sites (tertiary alicyclic amines) is 1. The Bertz CT molecular complexity index is 312. The minimum Gasteiger partial charge on any atom is -0.444 e. The first-order valence-corrected chi connectivity index (χ1v) is 5.56. The van der Waals surface area contributed by atoms with Gasteiger partial charge in [0.15, 0.2) is 0 Å². The number of alkyl halides is 2. The monoisotopic (exact) mass is 233 g/mol. The van der Waals surface area contributed by atoms with Gasteiger partial charge in [0.2, 0.25) is 0 Å². The minimum absolute atomic E-state index is 0.0625. The molecule has 0 radical (unpaired) electrons. The second-order valence-electron chi connectivity index (χ2n) is 5.72. The molecular formula is C11H17F2NO2. The van der Waals surface area contributed by atoms with E-state index in [0.717, 1.165) is 0 Å². The number of carbonyl (C=O) groups is 1. The molecule has 0 aromatic rings. The minimum atomic E-state index is -2.74. The van der Waals surface area contributed by atoms with Crippen molar-refractivity contribution in [2.45, 2.75) is 51.2 Å². The van der Waals surface area contributed by atoms with Crippen LogP contribution in [0, 0.1) is 5.92 Å². The molecule has 2 aliphatic rings. The molecule has 1 heterocycles. The number of amides is 1. The lowest BCUT2D eigenvalue weighted by molar-refractivity contribution is -0.0800. The lowest BCUT2D eigenvalue weighted by Crippen LogP contribution is -2.49. The fourth-order valence-corrected chi connectivity index (χ4v) is 2.51. The molecule has 0 aromatic carbocycles. The highest BCUT2D eigenvalue weighted by Gasteiger charge is 2.58. The Morgan fingerprint density at radius 1 is 1.44 bits per heavy atom. The summed E-state index contributed by atoms with van der Waals surface area (Å²) in [6, 6.07) is -0.952. The Kier molecular flexibility index (Phi) is 2.40. The van der Waals surface area contributed by atoms with E-state index in [1.54, 1.807) is 20.8 Å². The molecule has 1 saturated heterocycles. The van der Waals surface area contributed by atoms with Crippen LogP contribution in [0.5, 0.6) is 0 Å². The maximum atomic E-state index is 13.4. The summed E-state index contributed by atoms with van der Waals surface area (Å²) in [5, 5.41) is 0. The van der Waals surface area contributed by atoms with Crippen LogP contribution in [0.4, 0.5) is 13.6 Å². The Labute approximate surface area is 93.7 Å². The van der Waals surface area contributed by atoms with Crippen LogP contribution < -0.4 is 0 Å². The molecule has 3 nitrogen and oxygen atoms in total. The van der Waals surface area contributed by atoms with Gasteiger partial charge in [-0.1, -0.05) is 0 Å². The van der Waals surface area contributed by atoms with Gasteiger partial charge in [0.05, 0.1) is 6.04 Å². The molecular weight excluding hydrogens is 216 g/mol. The van der Waals surface area contributed by atoms with E-state index in [1.165, 1.54) is 4.90 Å². The van der Waals surface area contributed by atoms with E-state index in [4.69, 9.17) is 4.74 Å². The van der Waals surface area contributed by atoms with Crippen molar-refractivity contribution in [1.82, 2.24) is 4.90 Å². The fourth-order valence-electron chi connectivity index (χ4n) is 2.51. The number of ether oxygens (including phenoxy) is 1. The van der Waals surface area contributed by atoms with Crippen molar-refractivity contribution >= 4 is 6.09 Å². The predicted molar refractivity (Wildman–Crippen MR) is 54.4 cm³/mol. The Morgan fingerprint density at radius 2 is 2.06 bits per heavy atom. The number of carbonyl (C=O) groups excluding carboxylic acids is 1. The SMILES string of the molecule is CC(C)(C)OC(=O)N1CC2CC1C(F)(F)C2. The summed E-state index contributed by atoms with van der Waals surface area (Å²) >= 11 is 0. The van der Waals surface area contributed by atoms with Crippen LogP contribution >= 0.6 is 0 Å². The van der Waals surface area contributed by atoms with Crippen LogP contribution in [0.1, 0.15) is 33.6 Å². The molecule has 2 bridgehead atoms. The summed E-state index contributed by atoms with van der Waals surface area (Å²) in [4.78, 5) is 12.9. The van der Waals surface area contributed by atoms with Crippen LogP contribution in [-0.2, 0) is 4.74 Å². The van der Waals surface area contributed by atoms with Crippen molar-refractivity contribution < 1.29 is 18.3 Å². The van der Waals surface area contributed by atoms with Crippen molar-refractivity contribution in [3.05, 3.63) is 0 Å². The summed E-state index contributed by atoms with van der Waals surface area (Å²) < 4.78 is 32.0. The van der Waals surface area contributed by atoms with E-state index < -0.39 is 23.7 Å². The van der Waals surface area contributed by atoms with Crippen LogP contribution in [0.3, 0.4) is 0 Å². The van der Waals surface area contributed by atoms with Crippen molar-refractivity contribution in [2.75, 3.05) is 6.54 Å². The molecule has 2 rings (SSSR count). The van der Waals surface area contributed by atoms with Crippen molar-refractivity contribution in [3.63, 3.8) is 0 Å². The first kappa shape index (κ1) is 11.6. The third-order valence-electron chi connectivity index (χ3n) is 3.06. The highest BCUT2D eigenvalue weighted by Crippen LogP contribution is 2.47. The second-order valence-corrected chi connectivity index (χ2v) is 5.72. The van der Waals surface area contributed by atoms with Gasteiger partial charge in [0.25, 0.3) is 5.92 Å².